The van der Waals surface area contributed by atoms with E-state index in [1.807, 2.05) is 30.3 Å². The van der Waals surface area contributed by atoms with E-state index >= 15 is 0 Å². The van der Waals surface area contributed by atoms with Crippen molar-refractivity contribution in [3.63, 3.8) is 0 Å². The van der Waals surface area contributed by atoms with E-state index in [9.17, 15) is 30.0 Å². The van der Waals surface area contributed by atoms with E-state index in [2.05, 4.69) is 46.2 Å². The standard InChI is InChI=1S/C27H39NO3.C20H35NO2.C7H6O2/c1-18-9-10-23-22(16-28-25(31)19-7-5-4-6-8-19)24(12-14-26(18,23)2)27(3)13-11-21(30)15-20(27)17-29;1-13-4-5-17-16(11-21)18(7-9-19(13,17)2)20(3)8-6-15(23)10-14(20)12-22;8-7(9)6-4-2-1-3-5-6/h4-8,20-24,29-30H,1,9-17H2,2-3H3,(H,28,31);14-18,22-23H,1,4-12,21H2,2-3H3;1-5H,(H,8,9)/t20-,21+,22+,23+,24+,26-,27+;14-,15+,16+,17+,18+,19-,20+;/m11./s1. The number of carboxylic acid groups (broad SMARTS) is 1. The molecule has 8 rings (SSSR count). The van der Waals surface area contributed by atoms with Gasteiger partial charge in [-0.05, 0) is 190 Å². The molecule has 6 saturated carbocycles. The van der Waals surface area contributed by atoms with Crippen molar-refractivity contribution < 1.29 is 35.1 Å². The van der Waals surface area contributed by atoms with Crippen molar-refractivity contribution in [3.05, 3.63) is 96.1 Å². The van der Waals surface area contributed by atoms with Gasteiger partial charge in [0, 0.05) is 25.3 Å². The summed E-state index contributed by atoms with van der Waals surface area (Å²) in [6.07, 6.45) is 13.8. The van der Waals surface area contributed by atoms with E-state index in [1.165, 1.54) is 30.4 Å². The fourth-order valence-electron chi connectivity index (χ4n) is 14.5. The molecule has 348 valence electrons. The van der Waals surface area contributed by atoms with Crippen LogP contribution in [0.3, 0.4) is 0 Å². The summed E-state index contributed by atoms with van der Waals surface area (Å²) in [5.41, 5.74) is 10.7. The van der Waals surface area contributed by atoms with Crippen molar-refractivity contribution in [1.82, 2.24) is 5.32 Å². The lowest BCUT2D eigenvalue weighted by Gasteiger charge is -2.56. The Bertz CT molecular complexity index is 1870. The fourth-order valence-corrected chi connectivity index (χ4v) is 14.5. The van der Waals surface area contributed by atoms with Crippen LogP contribution in [0, 0.1) is 69.0 Å². The highest BCUT2D eigenvalue weighted by Gasteiger charge is 2.58. The van der Waals surface area contributed by atoms with Gasteiger partial charge in [-0.1, -0.05) is 88.4 Å². The van der Waals surface area contributed by atoms with Crippen molar-refractivity contribution in [3.8, 4) is 0 Å². The van der Waals surface area contributed by atoms with Gasteiger partial charge < -0.3 is 36.6 Å². The smallest absolute Gasteiger partial charge is 0.335 e. The van der Waals surface area contributed by atoms with Crippen LogP contribution in [0.15, 0.2) is 85.0 Å². The number of amides is 1. The zero-order valence-corrected chi connectivity index (χ0v) is 38.8. The number of carbonyl (C=O) groups excluding carboxylic acids is 1. The molecule has 6 aliphatic rings. The van der Waals surface area contributed by atoms with Gasteiger partial charge in [0.2, 0.25) is 0 Å². The monoisotopic (exact) mass is 869 g/mol. The van der Waals surface area contributed by atoms with E-state index < -0.39 is 5.97 Å². The Kier molecular flexibility index (Phi) is 15.9. The Morgan fingerprint density at radius 1 is 0.635 bits per heavy atom. The molecule has 1 amide bonds. The van der Waals surface area contributed by atoms with E-state index in [4.69, 9.17) is 10.8 Å². The second kappa shape index (κ2) is 20.4. The van der Waals surface area contributed by atoms with Crippen LogP contribution in [0.2, 0.25) is 0 Å². The van der Waals surface area contributed by atoms with Gasteiger partial charge in [0.15, 0.2) is 0 Å². The van der Waals surface area contributed by atoms with Crippen LogP contribution in [-0.4, -0.2) is 75.9 Å². The van der Waals surface area contributed by atoms with Gasteiger partial charge in [0.05, 0.1) is 17.8 Å². The van der Waals surface area contributed by atoms with Crippen molar-refractivity contribution in [2.24, 2.45) is 74.7 Å². The number of carboxylic acids is 1. The maximum absolute atomic E-state index is 12.8. The van der Waals surface area contributed by atoms with Crippen LogP contribution in [0.25, 0.3) is 0 Å². The minimum Gasteiger partial charge on any atom is -0.478 e. The van der Waals surface area contributed by atoms with Crippen molar-refractivity contribution in [2.45, 2.75) is 130 Å². The predicted octanol–water partition coefficient (Wildman–Crippen LogP) is 9.06. The molecular weight excluding hydrogens is 789 g/mol. The van der Waals surface area contributed by atoms with Gasteiger partial charge in [-0.3, -0.25) is 4.79 Å². The van der Waals surface area contributed by atoms with Gasteiger partial charge in [-0.25, -0.2) is 4.79 Å². The first kappa shape index (κ1) is 49.1. The number of nitrogens with one attached hydrogen (secondary N) is 1. The molecule has 0 saturated heterocycles. The molecule has 0 bridgehead atoms. The second-order valence-electron chi connectivity index (χ2n) is 21.6. The third kappa shape index (κ3) is 9.94. The Morgan fingerprint density at radius 2 is 1.06 bits per heavy atom. The van der Waals surface area contributed by atoms with E-state index in [1.54, 1.807) is 30.3 Å². The topological polar surface area (TPSA) is 173 Å². The largest absolute Gasteiger partial charge is 0.478 e. The molecular formula is C54H80N2O7. The first-order chi connectivity index (χ1) is 30.0. The van der Waals surface area contributed by atoms with Crippen molar-refractivity contribution in [1.29, 1.82) is 0 Å². The number of rotatable bonds is 9. The summed E-state index contributed by atoms with van der Waals surface area (Å²) >= 11 is 0. The molecule has 9 nitrogen and oxygen atoms in total. The number of aromatic carboxylic acids is 1. The third-order valence-electron chi connectivity index (χ3n) is 18.8. The molecule has 9 heteroatoms. The highest BCUT2D eigenvalue weighted by molar-refractivity contribution is 5.94. The van der Waals surface area contributed by atoms with E-state index in [0.717, 1.165) is 70.8 Å². The van der Waals surface area contributed by atoms with Crippen LogP contribution in [0.1, 0.15) is 138 Å². The summed E-state index contributed by atoms with van der Waals surface area (Å²) in [6, 6.07) is 17.7. The lowest BCUT2D eigenvalue weighted by molar-refractivity contribution is -0.0928. The van der Waals surface area contributed by atoms with Crippen LogP contribution in [-0.2, 0) is 0 Å². The minimum atomic E-state index is -0.879. The quantitative estimate of drug-likeness (QED) is 0.122. The molecule has 0 aliphatic heterocycles. The fraction of sp³-hybridized carbons (Fsp3) is 0.667. The van der Waals surface area contributed by atoms with Gasteiger partial charge >= 0.3 is 5.97 Å². The van der Waals surface area contributed by atoms with Gasteiger partial charge in [-0.15, -0.1) is 0 Å². The Morgan fingerprint density at radius 3 is 1.48 bits per heavy atom. The molecule has 63 heavy (non-hydrogen) atoms. The number of hydrogen-bond acceptors (Lipinski definition) is 7. The first-order valence-corrected chi connectivity index (χ1v) is 24.2. The summed E-state index contributed by atoms with van der Waals surface area (Å²) in [6.45, 7) is 20.0. The molecule has 6 aliphatic carbocycles. The normalized spacial score (nSPS) is 39.7. The average Bonchev–Trinajstić information content (AvgIpc) is 3.77. The number of carbonyl (C=O) groups is 2. The number of aliphatic hydroxyl groups excluding tert-OH is 4. The molecule has 2 aromatic rings. The van der Waals surface area contributed by atoms with E-state index in [-0.39, 0.29) is 64.8 Å². The Labute approximate surface area is 378 Å². The molecule has 8 N–H and O–H groups in total. The summed E-state index contributed by atoms with van der Waals surface area (Å²) in [7, 11) is 0. The number of benzene rings is 2. The van der Waals surface area contributed by atoms with Gasteiger partial charge in [0.1, 0.15) is 0 Å². The lowest BCUT2D eigenvalue weighted by Crippen LogP contribution is -2.53. The Balaban J connectivity index is 0.000000180. The number of nitrogens with two attached hydrogens (primary N) is 1. The minimum absolute atomic E-state index is 0.00798. The van der Waals surface area contributed by atoms with Crippen LogP contribution in [0.4, 0.5) is 0 Å². The van der Waals surface area contributed by atoms with Crippen LogP contribution < -0.4 is 11.1 Å². The highest BCUT2D eigenvalue weighted by atomic mass is 16.4. The molecule has 0 radical (unpaired) electrons. The lowest BCUT2D eigenvalue weighted by atomic mass is 9.49. The maximum atomic E-state index is 12.8. The van der Waals surface area contributed by atoms with E-state index in [0.29, 0.717) is 59.6 Å². The molecule has 0 heterocycles. The maximum Gasteiger partial charge on any atom is 0.335 e. The summed E-state index contributed by atoms with van der Waals surface area (Å²) < 4.78 is 0. The number of allylic oxidation sites excluding steroid dienone is 2. The van der Waals surface area contributed by atoms with Gasteiger partial charge in [-0.2, -0.15) is 0 Å². The molecule has 0 unspecified atom stereocenters. The Hall–Kier alpha value is -3.34. The SMILES string of the molecule is C=C1CC[C@H]2[C@H](CN)[C@@H]([C@@]3(C)CC[C@H](O)C[C@@H]3CO)CC[C@]12C.C=C1CC[C@H]2[C@H](CNC(=O)c3ccccc3)[C@@H]([C@@]3(C)CC[C@H](O)C[C@@H]3CO)CC[C@]12C.O=C(O)c1ccccc1. The zero-order chi connectivity index (χ0) is 45.7. The highest BCUT2D eigenvalue weighted by Crippen LogP contribution is 2.65. The second-order valence-corrected chi connectivity index (χ2v) is 21.6. The molecule has 0 spiro atoms. The van der Waals surface area contributed by atoms with Crippen LogP contribution >= 0.6 is 0 Å². The zero-order valence-electron chi connectivity index (χ0n) is 38.8. The number of fused-ring (bicyclic) bond motifs is 2. The first-order valence-electron chi connectivity index (χ1n) is 24.2. The average molecular weight is 869 g/mol. The predicted molar refractivity (Wildman–Crippen MR) is 251 cm³/mol. The molecule has 0 aromatic heterocycles. The summed E-state index contributed by atoms with van der Waals surface area (Å²) in [5, 5.41) is 52.1. The third-order valence-corrected chi connectivity index (χ3v) is 18.8. The molecule has 14 atom stereocenters. The van der Waals surface area contributed by atoms with Crippen molar-refractivity contribution in [2.75, 3.05) is 26.3 Å². The molecule has 2 aromatic carbocycles. The number of hydrogen-bond donors (Lipinski definition) is 7. The van der Waals surface area contributed by atoms with Crippen molar-refractivity contribution >= 4 is 11.9 Å². The summed E-state index contributed by atoms with van der Waals surface area (Å²) in [4.78, 5) is 23.0. The van der Waals surface area contributed by atoms with Crippen LogP contribution in [0.5, 0.6) is 0 Å². The summed E-state index contributed by atoms with van der Waals surface area (Å²) in [5.74, 6) is 2.49. The van der Waals surface area contributed by atoms with Gasteiger partial charge in [0.25, 0.3) is 5.91 Å². The number of aliphatic hydroxyl groups is 4. The molecule has 6 fully saturated rings.